The molecule has 0 radical (unpaired) electrons. The highest BCUT2D eigenvalue weighted by Gasteiger charge is 2.15. The van der Waals surface area contributed by atoms with Gasteiger partial charge in [-0.25, -0.2) is 4.68 Å². The second-order valence-corrected chi connectivity index (χ2v) is 8.77. The normalized spacial score (nSPS) is 11.2. The molecule has 2 aromatic heterocycles. The third kappa shape index (κ3) is 4.98. The molecule has 2 heterocycles. The molecule has 0 atom stereocenters. The van der Waals surface area contributed by atoms with E-state index in [0.29, 0.717) is 21.4 Å². The van der Waals surface area contributed by atoms with Crippen LogP contribution in [0.3, 0.4) is 0 Å². The van der Waals surface area contributed by atoms with Gasteiger partial charge in [-0.3, -0.25) is 4.79 Å². The Morgan fingerprint density at radius 2 is 1.75 bits per heavy atom. The van der Waals surface area contributed by atoms with Crippen molar-refractivity contribution in [1.29, 1.82) is 0 Å². The van der Waals surface area contributed by atoms with E-state index in [1.165, 1.54) is 6.08 Å². The molecule has 5 nitrogen and oxygen atoms in total. The largest absolute Gasteiger partial charge is 0.497 e. The maximum Gasteiger partial charge on any atom is 0.221 e. The van der Waals surface area contributed by atoms with Gasteiger partial charge < -0.3 is 9.15 Å². The van der Waals surface area contributed by atoms with Crippen molar-refractivity contribution in [2.75, 3.05) is 7.11 Å². The molecule has 0 bridgehead atoms. The molecule has 3 aromatic carbocycles. The van der Waals surface area contributed by atoms with Crippen molar-refractivity contribution < 1.29 is 13.9 Å². The molecule has 36 heavy (non-hydrogen) atoms. The molecule has 178 valence electrons. The van der Waals surface area contributed by atoms with E-state index in [1.807, 2.05) is 60.8 Å². The quantitative estimate of drug-likeness (QED) is 0.163. The summed E-state index contributed by atoms with van der Waals surface area (Å²) in [6, 6.07) is 25.9. The highest BCUT2D eigenvalue weighted by molar-refractivity contribution is 6.36. The molecule has 0 saturated heterocycles. The smallest absolute Gasteiger partial charge is 0.221 e. The monoisotopic (exact) mass is 514 g/mol. The minimum atomic E-state index is -0.278. The van der Waals surface area contributed by atoms with Gasteiger partial charge in [0.1, 0.15) is 11.5 Å². The van der Waals surface area contributed by atoms with E-state index in [1.54, 1.807) is 48.2 Å². The third-order valence-electron chi connectivity index (χ3n) is 5.59. The first-order valence-corrected chi connectivity index (χ1v) is 11.8. The van der Waals surface area contributed by atoms with Crippen LogP contribution < -0.4 is 4.74 Å². The van der Waals surface area contributed by atoms with Crippen molar-refractivity contribution in [3.8, 4) is 34.0 Å². The van der Waals surface area contributed by atoms with Gasteiger partial charge in [-0.05, 0) is 78.9 Å². The predicted molar refractivity (Wildman–Crippen MR) is 143 cm³/mol. The van der Waals surface area contributed by atoms with Gasteiger partial charge >= 0.3 is 0 Å². The van der Waals surface area contributed by atoms with Crippen LogP contribution in [0.1, 0.15) is 16.1 Å². The number of furan rings is 1. The van der Waals surface area contributed by atoms with Crippen molar-refractivity contribution in [2.24, 2.45) is 0 Å². The van der Waals surface area contributed by atoms with Crippen LogP contribution in [-0.2, 0) is 0 Å². The summed E-state index contributed by atoms with van der Waals surface area (Å²) in [6.45, 7) is 0. The number of ketones is 1. The Labute approximate surface area is 218 Å². The molecule has 5 aromatic rings. The van der Waals surface area contributed by atoms with Crippen molar-refractivity contribution >= 4 is 35.1 Å². The molecule has 0 aliphatic carbocycles. The Kier molecular flexibility index (Phi) is 6.76. The maximum absolute atomic E-state index is 12.9. The molecule has 7 heteroatoms. The first-order chi connectivity index (χ1) is 17.5. The lowest BCUT2D eigenvalue weighted by Crippen LogP contribution is -1.94. The first-order valence-electron chi connectivity index (χ1n) is 11.1. The summed E-state index contributed by atoms with van der Waals surface area (Å²) in [4.78, 5) is 12.9. The van der Waals surface area contributed by atoms with Gasteiger partial charge in [0.05, 0.1) is 23.5 Å². The fraction of sp³-hybridized carbons (Fsp3) is 0.0345. The molecule has 0 saturated carbocycles. The summed E-state index contributed by atoms with van der Waals surface area (Å²) in [6.07, 6.45) is 5.11. The maximum atomic E-state index is 12.9. The van der Waals surface area contributed by atoms with Crippen LogP contribution in [0, 0.1) is 0 Å². The summed E-state index contributed by atoms with van der Waals surface area (Å²) in [7, 11) is 1.62. The van der Waals surface area contributed by atoms with E-state index in [2.05, 4.69) is 0 Å². The van der Waals surface area contributed by atoms with E-state index in [0.717, 1.165) is 28.3 Å². The Morgan fingerprint density at radius 1 is 0.972 bits per heavy atom. The zero-order valence-corrected chi connectivity index (χ0v) is 20.7. The van der Waals surface area contributed by atoms with E-state index in [-0.39, 0.29) is 11.5 Å². The van der Waals surface area contributed by atoms with Gasteiger partial charge in [0.25, 0.3) is 0 Å². The topological polar surface area (TPSA) is 57.3 Å². The first kappa shape index (κ1) is 23.7. The Hall–Kier alpha value is -4.06. The minimum Gasteiger partial charge on any atom is -0.497 e. The molecule has 0 amide bonds. The number of methoxy groups -OCH3 is 1. The second-order valence-electron chi connectivity index (χ2n) is 7.93. The molecule has 5 rings (SSSR count). The standard InChI is InChI=1S/C29H20Cl2N2O3/c1-35-23-11-7-19(8-12-23)29-20(18-33(32-29)22-5-3-2-4-6-22)9-14-26(34)28-16-15-27(36-28)24-13-10-21(30)17-25(24)31/h2-18H,1H3. The lowest BCUT2D eigenvalue weighted by molar-refractivity contribution is 0.102. The van der Waals surface area contributed by atoms with Crippen molar-refractivity contribution in [2.45, 2.75) is 0 Å². The average molecular weight is 515 g/mol. The highest BCUT2D eigenvalue weighted by Crippen LogP contribution is 2.32. The molecule has 0 spiro atoms. The number of halogens is 2. The Balaban J connectivity index is 1.46. The number of aromatic nitrogens is 2. The van der Waals surface area contributed by atoms with Gasteiger partial charge in [-0.15, -0.1) is 0 Å². The van der Waals surface area contributed by atoms with Crippen LogP contribution in [0.15, 0.2) is 102 Å². The highest BCUT2D eigenvalue weighted by atomic mass is 35.5. The molecule has 0 N–H and O–H groups in total. The summed E-state index contributed by atoms with van der Waals surface area (Å²) < 4.78 is 12.9. The van der Waals surface area contributed by atoms with Gasteiger partial charge in [-0.1, -0.05) is 41.4 Å². The van der Waals surface area contributed by atoms with Crippen molar-refractivity contribution in [1.82, 2.24) is 9.78 Å². The number of hydrogen-bond donors (Lipinski definition) is 0. The molecular formula is C29H20Cl2N2O3. The molecule has 0 aliphatic rings. The van der Waals surface area contributed by atoms with E-state index in [4.69, 9.17) is 37.5 Å². The number of benzene rings is 3. The summed E-state index contributed by atoms with van der Waals surface area (Å²) in [5.41, 5.74) is 3.99. The fourth-order valence-electron chi connectivity index (χ4n) is 3.75. The van der Waals surface area contributed by atoms with Crippen LogP contribution >= 0.6 is 23.2 Å². The van der Waals surface area contributed by atoms with Crippen LogP contribution in [0.2, 0.25) is 10.0 Å². The third-order valence-corrected chi connectivity index (χ3v) is 6.13. The van der Waals surface area contributed by atoms with Gasteiger partial charge in [-0.2, -0.15) is 5.10 Å². The van der Waals surface area contributed by atoms with E-state index < -0.39 is 0 Å². The molecular weight excluding hydrogens is 495 g/mol. The van der Waals surface area contributed by atoms with Crippen molar-refractivity contribution in [3.05, 3.63) is 119 Å². The van der Waals surface area contributed by atoms with Crippen LogP contribution in [0.4, 0.5) is 0 Å². The molecule has 0 unspecified atom stereocenters. The number of carbonyl (C=O) groups excluding carboxylic acids is 1. The summed E-state index contributed by atoms with van der Waals surface area (Å²) in [5, 5.41) is 5.76. The number of rotatable bonds is 7. The van der Waals surface area contributed by atoms with Gasteiger partial charge in [0, 0.05) is 27.9 Å². The Bertz CT molecular complexity index is 1550. The van der Waals surface area contributed by atoms with Crippen LogP contribution in [0.25, 0.3) is 34.3 Å². The summed E-state index contributed by atoms with van der Waals surface area (Å²) >= 11 is 12.3. The number of allylic oxidation sites excluding steroid dienone is 1. The Morgan fingerprint density at radius 3 is 2.47 bits per heavy atom. The van der Waals surface area contributed by atoms with E-state index in [9.17, 15) is 4.79 Å². The number of hydrogen-bond acceptors (Lipinski definition) is 4. The average Bonchev–Trinajstić information content (AvgIpc) is 3.56. The predicted octanol–water partition coefficient (Wildman–Crippen LogP) is 8.01. The zero-order chi connectivity index (χ0) is 25.1. The number of nitrogens with zero attached hydrogens (tertiary/aromatic N) is 2. The lowest BCUT2D eigenvalue weighted by Gasteiger charge is -2.02. The number of para-hydroxylation sites is 1. The minimum absolute atomic E-state index is 0.203. The number of ether oxygens (including phenoxy) is 1. The van der Waals surface area contributed by atoms with Crippen LogP contribution in [-0.4, -0.2) is 22.7 Å². The lowest BCUT2D eigenvalue weighted by atomic mass is 10.1. The SMILES string of the molecule is COc1ccc(-c2nn(-c3ccccc3)cc2C=CC(=O)c2ccc(-c3ccc(Cl)cc3Cl)o2)cc1. The van der Waals surface area contributed by atoms with Gasteiger partial charge in [0.15, 0.2) is 5.76 Å². The van der Waals surface area contributed by atoms with Crippen molar-refractivity contribution in [3.63, 3.8) is 0 Å². The zero-order valence-electron chi connectivity index (χ0n) is 19.2. The molecule has 0 fully saturated rings. The number of carbonyl (C=O) groups is 1. The van der Waals surface area contributed by atoms with E-state index >= 15 is 0 Å². The molecule has 0 aliphatic heterocycles. The van der Waals surface area contributed by atoms with Gasteiger partial charge in [0.2, 0.25) is 5.78 Å². The fourth-order valence-corrected chi connectivity index (χ4v) is 4.25. The summed E-state index contributed by atoms with van der Waals surface area (Å²) in [5.74, 6) is 1.17. The van der Waals surface area contributed by atoms with Crippen LogP contribution in [0.5, 0.6) is 5.75 Å². The second kappa shape index (κ2) is 10.3.